The number of aliphatic hydroxyl groups excluding tert-OH is 1. The van der Waals surface area contributed by atoms with Crippen LogP contribution in [0.3, 0.4) is 0 Å². The lowest BCUT2D eigenvalue weighted by Gasteiger charge is -2.16. The van der Waals surface area contributed by atoms with Crippen molar-refractivity contribution in [1.82, 2.24) is 0 Å². The molecule has 0 aromatic heterocycles. The summed E-state index contributed by atoms with van der Waals surface area (Å²) in [7, 11) is 0. The molecule has 0 aromatic rings. The fraction of sp³-hybridized carbons (Fsp3) is 0.714. The molecule has 56 valence electrons. The van der Waals surface area contributed by atoms with E-state index in [0.29, 0.717) is 0 Å². The average molecular weight is 142 g/mol. The summed E-state index contributed by atoms with van der Waals surface area (Å²) in [6.45, 7) is 0. The molecule has 2 heterocycles. The first-order valence-corrected chi connectivity index (χ1v) is 3.47. The van der Waals surface area contributed by atoms with E-state index in [9.17, 15) is 0 Å². The number of hydrogen-bond donors (Lipinski definition) is 2. The summed E-state index contributed by atoms with van der Waals surface area (Å²) in [5.41, 5.74) is 0. The van der Waals surface area contributed by atoms with Gasteiger partial charge in [-0.1, -0.05) is 12.2 Å². The smallest absolute Gasteiger partial charge is 0.157 e. The molecule has 2 aliphatic heterocycles. The van der Waals surface area contributed by atoms with Gasteiger partial charge < -0.3 is 14.9 Å². The van der Waals surface area contributed by atoms with Crippen molar-refractivity contribution in [3.05, 3.63) is 12.2 Å². The van der Waals surface area contributed by atoms with E-state index in [2.05, 4.69) is 0 Å². The van der Waals surface area contributed by atoms with Crippen LogP contribution in [0.15, 0.2) is 12.2 Å². The van der Waals surface area contributed by atoms with Gasteiger partial charge in [-0.2, -0.15) is 0 Å². The molecule has 1 fully saturated rings. The summed E-state index contributed by atoms with van der Waals surface area (Å²) in [5, 5.41) is 17.6. The van der Waals surface area contributed by atoms with Crippen LogP contribution in [0.4, 0.5) is 0 Å². The second-order valence-corrected chi connectivity index (χ2v) is 2.84. The van der Waals surface area contributed by atoms with Gasteiger partial charge in [0.1, 0.15) is 0 Å². The summed E-state index contributed by atoms with van der Waals surface area (Å²) >= 11 is 0. The van der Waals surface area contributed by atoms with Crippen molar-refractivity contribution in [2.45, 2.75) is 24.9 Å². The van der Waals surface area contributed by atoms with Crippen molar-refractivity contribution >= 4 is 0 Å². The number of ether oxygens (including phenoxy) is 1. The molecule has 0 saturated carbocycles. The van der Waals surface area contributed by atoms with E-state index < -0.39 is 6.29 Å². The molecule has 0 radical (unpaired) electrons. The maximum atomic E-state index is 8.82. The first-order valence-electron chi connectivity index (χ1n) is 3.47. The molecule has 0 spiro atoms. The quantitative estimate of drug-likeness (QED) is 0.388. The average Bonchev–Trinajstić information content (AvgIpc) is 2.44. The zero-order valence-electron chi connectivity index (χ0n) is 5.47. The Labute approximate surface area is 58.9 Å². The number of aliphatic hydroxyl groups is 2. The van der Waals surface area contributed by atoms with Crippen molar-refractivity contribution in [2.75, 3.05) is 0 Å². The summed E-state index contributed by atoms with van der Waals surface area (Å²) in [5.74, 6) is -0.102. The second-order valence-electron chi connectivity index (χ2n) is 2.84. The van der Waals surface area contributed by atoms with Crippen molar-refractivity contribution in [2.24, 2.45) is 5.92 Å². The van der Waals surface area contributed by atoms with E-state index in [1.807, 2.05) is 12.2 Å². The molecule has 0 amide bonds. The van der Waals surface area contributed by atoms with Crippen LogP contribution in [-0.4, -0.2) is 28.7 Å². The minimum absolute atomic E-state index is 0.0509. The highest BCUT2D eigenvalue weighted by molar-refractivity contribution is 5.11. The zero-order chi connectivity index (χ0) is 7.14. The SMILES string of the molecule is OC(O)C1CC2C=CC1O2. The topological polar surface area (TPSA) is 49.7 Å². The molecule has 2 rings (SSSR count). The lowest BCUT2D eigenvalue weighted by molar-refractivity contribution is -0.0933. The largest absolute Gasteiger partial charge is 0.368 e. The van der Waals surface area contributed by atoms with Gasteiger partial charge in [0.25, 0.3) is 0 Å². The molecule has 10 heavy (non-hydrogen) atoms. The van der Waals surface area contributed by atoms with Crippen LogP contribution in [0, 0.1) is 5.92 Å². The summed E-state index contributed by atoms with van der Waals surface area (Å²) in [4.78, 5) is 0. The van der Waals surface area contributed by atoms with Gasteiger partial charge in [0, 0.05) is 5.92 Å². The molecule has 3 unspecified atom stereocenters. The van der Waals surface area contributed by atoms with Gasteiger partial charge in [-0.3, -0.25) is 0 Å². The Balaban J connectivity index is 2.09. The third-order valence-corrected chi connectivity index (χ3v) is 2.16. The fourth-order valence-electron chi connectivity index (χ4n) is 1.60. The molecular formula is C7H10O3. The molecule has 2 N–H and O–H groups in total. The van der Waals surface area contributed by atoms with Gasteiger partial charge in [-0.05, 0) is 6.42 Å². The van der Waals surface area contributed by atoms with E-state index in [4.69, 9.17) is 14.9 Å². The highest BCUT2D eigenvalue weighted by Gasteiger charge is 2.39. The predicted octanol–water partition coefficient (Wildman–Crippen LogP) is -0.359. The molecule has 2 bridgehead atoms. The number of hydrogen-bond acceptors (Lipinski definition) is 3. The van der Waals surface area contributed by atoms with E-state index in [0.717, 1.165) is 6.42 Å². The van der Waals surface area contributed by atoms with Crippen LogP contribution in [0.2, 0.25) is 0 Å². The maximum absolute atomic E-state index is 8.82. The zero-order valence-corrected chi connectivity index (χ0v) is 5.47. The fourth-order valence-corrected chi connectivity index (χ4v) is 1.60. The van der Waals surface area contributed by atoms with E-state index >= 15 is 0 Å². The van der Waals surface area contributed by atoms with Gasteiger partial charge in [0.2, 0.25) is 0 Å². The third-order valence-electron chi connectivity index (χ3n) is 2.16. The molecule has 0 aliphatic carbocycles. The Bertz CT molecular complexity index is 164. The molecule has 3 nitrogen and oxygen atoms in total. The van der Waals surface area contributed by atoms with Crippen LogP contribution in [-0.2, 0) is 4.74 Å². The lowest BCUT2D eigenvalue weighted by atomic mass is 9.94. The summed E-state index contributed by atoms with van der Waals surface area (Å²) in [6.07, 6.45) is 3.49. The predicted molar refractivity (Wildman–Crippen MR) is 34.1 cm³/mol. The highest BCUT2D eigenvalue weighted by atomic mass is 16.5. The van der Waals surface area contributed by atoms with E-state index in [1.165, 1.54) is 0 Å². The van der Waals surface area contributed by atoms with Gasteiger partial charge in [0.05, 0.1) is 12.2 Å². The van der Waals surface area contributed by atoms with Crippen LogP contribution in [0.25, 0.3) is 0 Å². The summed E-state index contributed by atoms with van der Waals surface area (Å²) in [6, 6.07) is 0. The first kappa shape index (κ1) is 6.34. The Kier molecular flexibility index (Phi) is 1.30. The van der Waals surface area contributed by atoms with Crippen molar-refractivity contribution in [3.8, 4) is 0 Å². The molecule has 0 aromatic carbocycles. The van der Waals surface area contributed by atoms with Gasteiger partial charge in [-0.15, -0.1) is 0 Å². The lowest BCUT2D eigenvalue weighted by Crippen LogP contribution is -2.26. The number of rotatable bonds is 1. The maximum Gasteiger partial charge on any atom is 0.157 e. The molecular weight excluding hydrogens is 132 g/mol. The minimum atomic E-state index is -1.22. The van der Waals surface area contributed by atoms with Crippen molar-refractivity contribution in [1.29, 1.82) is 0 Å². The molecule has 2 aliphatic rings. The Hall–Kier alpha value is -0.380. The Morgan fingerprint density at radius 3 is 2.50 bits per heavy atom. The highest BCUT2D eigenvalue weighted by Crippen LogP contribution is 2.34. The third kappa shape index (κ3) is 0.785. The first-order chi connectivity index (χ1) is 4.77. The van der Waals surface area contributed by atoms with Crippen LogP contribution >= 0.6 is 0 Å². The normalized spacial score (nSPS) is 43.7. The number of fused-ring (bicyclic) bond motifs is 2. The van der Waals surface area contributed by atoms with Gasteiger partial charge in [-0.25, -0.2) is 0 Å². The van der Waals surface area contributed by atoms with Crippen molar-refractivity contribution < 1.29 is 14.9 Å². The Morgan fingerprint density at radius 1 is 1.40 bits per heavy atom. The second kappa shape index (κ2) is 2.05. The molecule has 3 atom stereocenters. The molecule has 3 heteroatoms. The Morgan fingerprint density at radius 2 is 2.20 bits per heavy atom. The van der Waals surface area contributed by atoms with E-state index in [-0.39, 0.29) is 18.1 Å². The van der Waals surface area contributed by atoms with Gasteiger partial charge in [0.15, 0.2) is 6.29 Å². The van der Waals surface area contributed by atoms with Crippen LogP contribution < -0.4 is 0 Å². The van der Waals surface area contributed by atoms with E-state index in [1.54, 1.807) is 0 Å². The van der Waals surface area contributed by atoms with Crippen LogP contribution in [0.5, 0.6) is 0 Å². The van der Waals surface area contributed by atoms with Crippen LogP contribution in [0.1, 0.15) is 6.42 Å². The van der Waals surface area contributed by atoms with Gasteiger partial charge >= 0.3 is 0 Å². The monoisotopic (exact) mass is 142 g/mol. The standard InChI is InChI=1S/C7H10O3/c8-7(9)5-3-4-1-2-6(5)10-4/h1-2,4-9H,3H2. The van der Waals surface area contributed by atoms with Crippen molar-refractivity contribution in [3.63, 3.8) is 0 Å². The minimum Gasteiger partial charge on any atom is -0.368 e. The molecule has 1 saturated heterocycles. The summed E-state index contributed by atoms with van der Waals surface area (Å²) < 4.78 is 5.32.